The lowest BCUT2D eigenvalue weighted by Crippen LogP contribution is -2.27. The molecule has 96 valence electrons. The van der Waals surface area contributed by atoms with Gasteiger partial charge in [0, 0.05) is 17.4 Å². The Hall–Kier alpha value is -0.370. The van der Waals surface area contributed by atoms with Crippen molar-refractivity contribution >= 4 is 26.9 Å². The Balaban J connectivity index is 0.00000144. The van der Waals surface area contributed by atoms with Gasteiger partial charge in [0.15, 0.2) is 0 Å². The van der Waals surface area contributed by atoms with Gasteiger partial charge in [-0.2, -0.15) is 0 Å². The Morgan fingerprint density at radius 3 is 2.35 bits per heavy atom. The normalized spacial score (nSPS) is 20.9. The highest BCUT2D eigenvalue weighted by Crippen LogP contribution is 2.29. The molecule has 1 unspecified atom stereocenters. The molecular formula is C10H12BrF2NO2S. The second kappa shape index (κ2) is 5.51. The summed E-state index contributed by atoms with van der Waals surface area (Å²) in [5.41, 5.74) is 0. The molecule has 1 aliphatic rings. The van der Waals surface area contributed by atoms with Crippen molar-refractivity contribution in [2.75, 3.05) is 13.1 Å². The van der Waals surface area contributed by atoms with Crippen LogP contribution in [0.2, 0.25) is 0 Å². The first-order valence-electron chi connectivity index (χ1n) is 4.78. The number of nitrogens with zero attached hydrogens (tertiary/aromatic N) is 1. The third-order valence-corrected chi connectivity index (χ3v) is 4.37. The summed E-state index contributed by atoms with van der Waals surface area (Å²) in [6, 6.07) is 6.86. The molecule has 17 heavy (non-hydrogen) atoms. The van der Waals surface area contributed by atoms with Gasteiger partial charge in [-0.05, 0) is 24.3 Å². The van der Waals surface area contributed by atoms with E-state index in [4.69, 9.17) is 0 Å². The molecule has 2 rings (SSSR count). The van der Waals surface area contributed by atoms with Gasteiger partial charge < -0.3 is 5.48 Å². The highest BCUT2D eigenvalue weighted by Gasteiger charge is 2.40. The van der Waals surface area contributed by atoms with E-state index in [9.17, 15) is 13.0 Å². The van der Waals surface area contributed by atoms with Crippen LogP contribution in [0, 0.1) is 0 Å². The van der Waals surface area contributed by atoms with Crippen LogP contribution < -0.4 is 0 Å². The van der Waals surface area contributed by atoms with Crippen LogP contribution in [-0.2, 0) is 11.0 Å². The molecule has 0 spiro atoms. The predicted molar refractivity (Wildman–Crippen MR) is 65.3 cm³/mol. The van der Waals surface area contributed by atoms with Crippen molar-refractivity contribution in [2.45, 2.75) is 17.2 Å². The van der Waals surface area contributed by atoms with Crippen LogP contribution >= 0.6 is 15.9 Å². The van der Waals surface area contributed by atoms with Crippen molar-refractivity contribution in [1.82, 2.24) is 4.31 Å². The average molecular weight is 328 g/mol. The quantitative estimate of drug-likeness (QED) is 0.819. The lowest BCUT2D eigenvalue weighted by Gasteiger charge is -2.14. The molecule has 0 amide bonds. The van der Waals surface area contributed by atoms with E-state index in [2.05, 4.69) is 15.9 Å². The van der Waals surface area contributed by atoms with Crippen LogP contribution in [0.5, 0.6) is 0 Å². The monoisotopic (exact) mass is 327 g/mol. The molecule has 1 heterocycles. The summed E-state index contributed by atoms with van der Waals surface area (Å²) >= 11 is 3.26. The maximum atomic E-state index is 13.0. The van der Waals surface area contributed by atoms with Crippen LogP contribution in [0.25, 0.3) is 0 Å². The summed E-state index contributed by atoms with van der Waals surface area (Å²) in [6.45, 7) is -0.245. The van der Waals surface area contributed by atoms with E-state index in [0.29, 0.717) is 4.90 Å². The zero-order chi connectivity index (χ0) is 11.8. The number of benzene rings is 1. The summed E-state index contributed by atoms with van der Waals surface area (Å²) in [5, 5.41) is 0. The van der Waals surface area contributed by atoms with Gasteiger partial charge in [0.05, 0.1) is 11.4 Å². The molecular weight excluding hydrogens is 316 g/mol. The van der Waals surface area contributed by atoms with E-state index in [0.717, 1.165) is 4.47 Å². The maximum absolute atomic E-state index is 13.0. The third-order valence-electron chi connectivity index (χ3n) is 2.38. The molecule has 3 nitrogen and oxygen atoms in total. The highest BCUT2D eigenvalue weighted by molar-refractivity contribution is 9.10. The maximum Gasteiger partial charge on any atom is 0.262 e. The largest absolute Gasteiger partial charge is 0.412 e. The summed E-state index contributed by atoms with van der Waals surface area (Å²) in [6.07, 6.45) is -0.213. The van der Waals surface area contributed by atoms with Gasteiger partial charge in [-0.15, -0.1) is 0 Å². The molecule has 1 saturated heterocycles. The molecule has 1 aliphatic heterocycles. The minimum Gasteiger partial charge on any atom is -0.412 e. The minimum absolute atomic E-state index is 0. The average Bonchev–Trinajstić information content (AvgIpc) is 2.59. The van der Waals surface area contributed by atoms with E-state index in [-0.39, 0.29) is 18.4 Å². The number of halogens is 3. The lowest BCUT2D eigenvalue weighted by atomic mass is 10.3. The van der Waals surface area contributed by atoms with E-state index < -0.39 is 23.5 Å². The molecule has 0 saturated carbocycles. The zero-order valence-electron chi connectivity index (χ0n) is 8.83. The van der Waals surface area contributed by atoms with Crippen LogP contribution in [0.3, 0.4) is 0 Å². The molecule has 1 fully saturated rings. The van der Waals surface area contributed by atoms with E-state index >= 15 is 0 Å². The van der Waals surface area contributed by atoms with Crippen LogP contribution in [-0.4, -0.2) is 33.0 Å². The van der Waals surface area contributed by atoms with Gasteiger partial charge in [0.2, 0.25) is 0 Å². The van der Waals surface area contributed by atoms with Gasteiger partial charge in [0.1, 0.15) is 11.0 Å². The zero-order valence-corrected chi connectivity index (χ0v) is 11.2. The van der Waals surface area contributed by atoms with E-state index in [1.54, 1.807) is 24.3 Å². The van der Waals surface area contributed by atoms with Crippen LogP contribution in [0.15, 0.2) is 33.6 Å². The Kier molecular flexibility index (Phi) is 4.77. The minimum atomic E-state index is -2.70. The van der Waals surface area contributed by atoms with Crippen molar-refractivity contribution < 1.29 is 18.5 Å². The summed E-state index contributed by atoms with van der Waals surface area (Å²) in [4.78, 5) is 0.556. The molecule has 2 N–H and O–H groups in total. The van der Waals surface area contributed by atoms with Gasteiger partial charge in [0.25, 0.3) is 5.92 Å². The summed E-state index contributed by atoms with van der Waals surface area (Å²) in [5.74, 6) is -2.70. The Labute approximate surface area is 109 Å². The van der Waals surface area contributed by atoms with E-state index in [1.807, 2.05) is 0 Å². The van der Waals surface area contributed by atoms with Crippen molar-refractivity contribution in [1.29, 1.82) is 0 Å². The molecule has 0 aromatic heterocycles. The molecule has 7 heteroatoms. The topological polar surface area (TPSA) is 51.8 Å². The Morgan fingerprint density at radius 2 is 1.88 bits per heavy atom. The molecule has 0 radical (unpaired) electrons. The SMILES string of the molecule is O.O=S(c1ccc(Br)cc1)N1CCC(F)(F)C1. The number of hydrogen-bond donors (Lipinski definition) is 0. The Morgan fingerprint density at radius 1 is 1.29 bits per heavy atom. The fourth-order valence-corrected chi connectivity index (χ4v) is 3.04. The second-order valence-corrected chi connectivity index (χ2v) is 6.07. The number of hydrogen-bond acceptors (Lipinski definition) is 1. The van der Waals surface area contributed by atoms with Gasteiger partial charge in [-0.1, -0.05) is 15.9 Å². The highest BCUT2D eigenvalue weighted by atomic mass is 79.9. The fraction of sp³-hybridized carbons (Fsp3) is 0.400. The first-order valence-corrected chi connectivity index (χ1v) is 6.68. The van der Waals surface area contributed by atoms with Crippen molar-refractivity contribution in [3.63, 3.8) is 0 Å². The smallest absolute Gasteiger partial charge is 0.262 e. The summed E-state index contributed by atoms with van der Waals surface area (Å²) < 4.78 is 40.0. The first kappa shape index (κ1) is 14.7. The number of rotatable bonds is 2. The van der Waals surface area contributed by atoms with E-state index in [1.165, 1.54) is 4.31 Å². The molecule has 1 aromatic rings. The number of alkyl halides is 2. The van der Waals surface area contributed by atoms with Crippen LogP contribution in [0.4, 0.5) is 8.78 Å². The lowest BCUT2D eigenvalue weighted by molar-refractivity contribution is 0.0187. The van der Waals surface area contributed by atoms with Gasteiger partial charge in [-0.25, -0.2) is 17.3 Å². The predicted octanol–water partition coefficient (Wildman–Crippen LogP) is 1.99. The summed E-state index contributed by atoms with van der Waals surface area (Å²) in [7, 11) is -1.48. The third kappa shape index (κ3) is 3.54. The second-order valence-electron chi connectivity index (χ2n) is 3.67. The van der Waals surface area contributed by atoms with Crippen molar-refractivity contribution in [3.05, 3.63) is 28.7 Å². The van der Waals surface area contributed by atoms with Gasteiger partial charge in [-0.3, -0.25) is 0 Å². The molecule has 1 aromatic carbocycles. The Bertz CT molecular complexity index is 413. The van der Waals surface area contributed by atoms with Crippen LogP contribution in [0.1, 0.15) is 6.42 Å². The van der Waals surface area contributed by atoms with Gasteiger partial charge >= 0.3 is 0 Å². The standard InChI is InChI=1S/C10H10BrF2NOS.H2O/c11-8-1-3-9(4-2-8)16(15)14-6-5-10(12,13)7-14;/h1-4H,5-7H2;1H2. The van der Waals surface area contributed by atoms with Crippen molar-refractivity contribution in [2.24, 2.45) is 0 Å². The first-order chi connectivity index (χ1) is 7.48. The fourth-order valence-electron chi connectivity index (χ4n) is 1.55. The molecule has 0 bridgehead atoms. The molecule has 0 aliphatic carbocycles. The molecule has 1 atom stereocenters. The van der Waals surface area contributed by atoms with Crippen molar-refractivity contribution in [3.8, 4) is 0 Å².